The quantitative estimate of drug-likeness (QED) is 0.911. The molecule has 0 saturated heterocycles. The molecule has 2 aromatic rings. The first-order chi connectivity index (χ1) is 9.04. The van der Waals surface area contributed by atoms with E-state index in [0.29, 0.717) is 29.1 Å². The molecule has 0 aliphatic rings. The maximum atomic E-state index is 6.01. The second-order valence-electron chi connectivity index (χ2n) is 5.09. The average Bonchev–Trinajstić information content (AvgIpc) is 2.76. The number of rotatable bonds is 5. The Kier molecular flexibility index (Phi) is 4.56. The van der Waals surface area contributed by atoms with Crippen molar-refractivity contribution in [2.45, 2.75) is 32.7 Å². The van der Waals surface area contributed by atoms with Crippen molar-refractivity contribution in [3.8, 4) is 0 Å². The Hall–Kier alpha value is -1.39. The molecular formula is C14H18ClN3O. The Morgan fingerprint density at radius 2 is 2.16 bits per heavy atom. The molecule has 2 N–H and O–H groups in total. The van der Waals surface area contributed by atoms with Gasteiger partial charge in [-0.25, -0.2) is 0 Å². The Labute approximate surface area is 118 Å². The molecule has 1 aromatic heterocycles. The molecular weight excluding hydrogens is 262 g/mol. The Balaban J connectivity index is 2.05. The monoisotopic (exact) mass is 279 g/mol. The Morgan fingerprint density at radius 3 is 2.84 bits per heavy atom. The van der Waals surface area contributed by atoms with Crippen molar-refractivity contribution in [1.82, 2.24) is 10.1 Å². The largest absolute Gasteiger partial charge is 0.338 e. The third kappa shape index (κ3) is 4.04. The van der Waals surface area contributed by atoms with Crippen LogP contribution in [0.2, 0.25) is 5.02 Å². The molecule has 19 heavy (non-hydrogen) atoms. The van der Waals surface area contributed by atoms with E-state index in [2.05, 4.69) is 24.0 Å². The summed E-state index contributed by atoms with van der Waals surface area (Å²) in [6.07, 6.45) is 1.43. The standard InChI is InChI=1S/C14H18ClN3O/c1-9(2)6-12(16)14-17-13(18-19-14)8-10-4-3-5-11(15)7-10/h3-5,7,9,12H,6,8,16H2,1-2H3. The molecule has 4 nitrogen and oxygen atoms in total. The van der Waals surface area contributed by atoms with Gasteiger partial charge in [0.15, 0.2) is 5.82 Å². The van der Waals surface area contributed by atoms with Crippen molar-refractivity contribution in [3.63, 3.8) is 0 Å². The second kappa shape index (κ2) is 6.17. The van der Waals surface area contributed by atoms with Gasteiger partial charge in [-0.05, 0) is 30.0 Å². The van der Waals surface area contributed by atoms with Crippen LogP contribution in [0.5, 0.6) is 0 Å². The van der Waals surface area contributed by atoms with E-state index in [1.807, 2.05) is 24.3 Å². The third-order valence-corrected chi connectivity index (χ3v) is 3.01. The molecule has 0 radical (unpaired) electrons. The predicted octanol–water partition coefficient (Wildman–Crippen LogP) is 3.36. The smallest absolute Gasteiger partial charge is 0.243 e. The lowest BCUT2D eigenvalue weighted by Crippen LogP contribution is -2.13. The van der Waals surface area contributed by atoms with Crippen molar-refractivity contribution in [3.05, 3.63) is 46.6 Å². The highest BCUT2D eigenvalue weighted by molar-refractivity contribution is 6.30. The first-order valence-electron chi connectivity index (χ1n) is 6.37. The van der Waals surface area contributed by atoms with Gasteiger partial charge in [-0.3, -0.25) is 0 Å². The second-order valence-corrected chi connectivity index (χ2v) is 5.53. The molecule has 2 rings (SSSR count). The van der Waals surface area contributed by atoms with Crippen molar-refractivity contribution < 1.29 is 4.52 Å². The van der Waals surface area contributed by atoms with Gasteiger partial charge in [0.1, 0.15) is 0 Å². The van der Waals surface area contributed by atoms with Crippen molar-refractivity contribution >= 4 is 11.6 Å². The molecule has 0 aliphatic heterocycles. The van der Waals surface area contributed by atoms with Gasteiger partial charge in [-0.15, -0.1) is 0 Å². The van der Waals surface area contributed by atoms with Crippen LogP contribution < -0.4 is 5.73 Å². The minimum absolute atomic E-state index is 0.194. The number of nitrogens with zero attached hydrogens (tertiary/aromatic N) is 2. The summed E-state index contributed by atoms with van der Waals surface area (Å²) in [5.41, 5.74) is 7.06. The lowest BCUT2D eigenvalue weighted by molar-refractivity contribution is 0.333. The summed E-state index contributed by atoms with van der Waals surface area (Å²) >= 11 is 5.94. The van der Waals surface area contributed by atoms with Crippen LogP contribution in [0.15, 0.2) is 28.8 Å². The van der Waals surface area contributed by atoms with Crippen molar-refractivity contribution in [1.29, 1.82) is 0 Å². The van der Waals surface area contributed by atoms with E-state index in [0.717, 1.165) is 12.0 Å². The van der Waals surface area contributed by atoms with Gasteiger partial charge in [0.25, 0.3) is 0 Å². The van der Waals surface area contributed by atoms with Crippen LogP contribution >= 0.6 is 11.6 Å². The van der Waals surface area contributed by atoms with Crippen molar-refractivity contribution in [2.24, 2.45) is 11.7 Å². The SMILES string of the molecule is CC(C)CC(N)c1nc(Cc2cccc(Cl)c2)no1. The van der Waals surface area contributed by atoms with Gasteiger partial charge in [0.05, 0.1) is 6.04 Å². The minimum atomic E-state index is -0.194. The van der Waals surface area contributed by atoms with E-state index < -0.39 is 0 Å². The zero-order valence-electron chi connectivity index (χ0n) is 11.1. The highest BCUT2D eigenvalue weighted by Crippen LogP contribution is 2.18. The molecule has 0 spiro atoms. The minimum Gasteiger partial charge on any atom is -0.338 e. The van der Waals surface area contributed by atoms with E-state index >= 15 is 0 Å². The number of hydrogen-bond donors (Lipinski definition) is 1. The van der Waals surface area contributed by atoms with Crippen LogP contribution in [0.1, 0.15) is 43.6 Å². The Bertz CT molecular complexity index is 539. The average molecular weight is 280 g/mol. The van der Waals surface area contributed by atoms with Crippen molar-refractivity contribution in [2.75, 3.05) is 0 Å². The summed E-state index contributed by atoms with van der Waals surface area (Å²) in [4.78, 5) is 4.34. The normalized spacial score (nSPS) is 12.9. The van der Waals surface area contributed by atoms with Gasteiger partial charge in [-0.2, -0.15) is 4.98 Å². The van der Waals surface area contributed by atoms with Crippen LogP contribution in [-0.4, -0.2) is 10.1 Å². The molecule has 1 heterocycles. The first-order valence-corrected chi connectivity index (χ1v) is 6.75. The third-order valence-electron chi connectivity index (χ3n) is 2.78. The van der Waals surface area contributed by atoms with E-state index in [1.54, 1.807) is 0 Å². The fourth-order valence-electron chi connectivity index (χ4n) is 1.93. The molecule has 5 heteroatoms. The summed E-state index contributed by atoms with van der Waals surface area (Å²) < 4.78 is 5.21. The topological polar surface area (TPSA) is 64.9 Å². The van der Waals surface area contributed by atoms with Gasteiger partial charge in [0, 0.05) is 11.4 Å². The Morgan fingerprint density at radius 1 is 1.37 bits per heavy atom. The summed E-state index contributed by atoms with van der Waals surface area (Å²) in [6.45, 7) is 4.23. The number of hydrogen-bond acceptors (Lipinski definition) is 4. The zero-order chi connectivity index (χ0) is 13.8. The van der Waals surface area contributed by atoms with Crippen LogP contribution in [-0.2, 0) is 6.42 Å². The lowest BCUT2D eigenvalue weighted by atomic mass is 10.0. The van der Waals surface area contributed by atoms with E-state index in [4.69, 9.17) is 21.9 Å². The summed E-state index contributed by atoms with van der Waals surface area (Å²) in [6, 6.07) is 7.43. The fraction of sp³-hybridized carbons (Fsp3) is 0.429. The number of halogens is 1. The van der Waals surface area contributed by atoms with Crippen LogP contribution in [0.25, 0.3) is 0 Å². The molecule has 0 saturated carbocycles. The van der Waals surface area contributed by atoms with E-state index in [9.17, 15) is 0 Å². The molecule has 1 aromatic carbocycles. The zero-order valence-corrected chi connectivity index (χ0v) is 11.9. The molecule has 0 fully saturated rings. The van der Waals surface area contributed by atoms with Gasteiger partial charge >= 0.3 is 0 Å². The van der Waals surface area contributed by atoms with Gasteiger partial charge < -0.3 is 10.3 Å². The predicted molar refractivity (Wildman–Crippen MR) is 74.9 cm³/mol. The lowest BCUT2D eigenvalue weighted by Gasteiger charge is -2.08. The van der Waals surface area contributed by atoms with E-state index in [-0.39, 0.29) is 6.04 Å². The number of benzene rings is 1. The summed E-state index contributed by atoms with van der Waals surface area (Å²) in [5.74, 6) is 1.64. The van der Waals surface area contributed by atoms with Gasteiger partial charge in [0.2, 0.25) is 5.89 Å². The maximum absolute atomic E-state index is 6.01. The molecule has 1 atom stereocenters. The van der Waals surface area contributed by atoms with Crippen LogP contribution in [0.3, 0.4) is 0 Å². The highest BCUT2D eigenvalue weighted by Gasteiger charge is 2.16. The summed E-state index contributed by atoms with van der Waals surface area (Å²) in [5, 5.41) is 4.67. The highest BCUT2D eigenvalue weighted by atomic mass is 35.5. The first kappa shape index (κ1) is 14.0. The molecule has 102 valence electrons. The molecule has 1 unspecified atom stereocenters. The molecule has 0 bridgehead atoms. The fourth-order valence-corrected chi connectivity index (χ4v) is 2.14. The van der Waals surface area contributed by atoms with Gasteiger partial charge in [-0.1, -0.05) is 42.7 Å². The van der Waals surface area contributed by atoms with Crippen LogP contribution in [0.4, 0.5) is 0 Å². The maximum Gasteiger partial charge on any atom is 0.243 e. The summed E-state index contributed by atoms with van der Waals surface area (Å²) in [7, 11) is 0. The molecule has 0 amide bonds. The van der Waals surface area contributed by atoms with Crippen LogP contribution in [0, 0.1) is 5.92 Å². The molecule has 0 aliphatic carbocycles. The number of aromatic nitrogens is 2. The van der Waals surface area contributed by atoms with E-state index in [1.165, 1.54) is 0 Å². The number of nitrogens with two attached hydrogens (primary N) is 1.